The minimum absolute atomic E-state index is 0.405. The van der Waals surface area contributed by atoms with E-state index in [1.807, 2.05) is 56.3 Å². The summed E-state index contributed by atoms with van der Waals surface area (Å²) in [5, 5.41) is 10.3. The average molecular weight is 284 g/mol. The summed E-state index contributed by atoms with van der Waals surface area (Å²) in [4.78, 5) is 6.70. The van der Waals surface area contributed by atoms with Gasteiger partial charge in [-0.2, -0.15) is 0 Å². The van der Waals surface area contributed by atoms with Gasteiger partial charge in [0.2, 0.25) is 0 Å². The van der Waals surface area contributed by atoms with Gasteiger partial charge in [0, 0.05) is 18.8 Å². The SMILES string of the molecule is Cc1cccc(C(O)CCN(C)Cc2cccc(C)n2)c1. The highest BCUT2D eigenvalue weighted by Gasteiger charge is 2.09. The van der Waals surface area contributed by atoms with E-state index in [2.05, 4.69) is 16.9 Å². The zero-order valence-electron chi connectivity index (χ0n) is 13.1. The van der Waals surface area contributed by atoms with Gasteiger partial charge in [0.25, 0.3) is 0 Å². The number of rotatable bonds is 6. The van der Waals surface area contributed by atoms with E-state index < -0.39 is 6.10 Å². The fourth-order valence-corrected chi connectivity index (χ4v) is 2.43. The van der Waals surface area contributed by atoms with Gasteiger partial charge in [-0.05, 0) is 45.0 Å². The summed E-state index contributed by atoms with van der Waals surface area (Å²) in [7, 11) is 2.06. The number of aryl methyl sites for hydroxylation is 2. The molecule has 0 aliphatic rings. The lowest BCUT2D eigenvalue weighted by atomic mass is 10.0. The normalized spacial score (nSPS) is 12.6. The molecule has 0 amide bonds. The highest BCUT2D eigenvalue weighted by atomic mass is 16.3. The monoisotopic (exact) mass is 284 g/mol. The van der Waals surface area contributed by atoms with E-state index in [1.54, 1.807) is 0 Å². The number of benzene rings is 1. The minimum Gasteiger partial charge on any atom is -0.388 e. The Balaban J connectivity index is 1.85. The number of aliphatic hydroxyl groups is 1. The summed E-state index contributed by atoms with van der Waals surface area (Å²) < 4.78 is 0. The molecular formula is C18H24N2O. The molecule has 1 atom stereocenters. The van der Waals surface area contributed by atoms with Crippen LogP contribution in [0.2, 0.25) is 0 Å². The lowest BCUT2D eigenvalue weighted by molar-refractivity contribution is 0.147. The first-order valence-corrected chi connectivity index (χ1v) is 7.40. The second-order valence-corrected chi connectivity index (χ2v) is 5.73. The Morgan fingerprint density at radius 2 is 1.90 bits per heavy atom. The summed E-state index contributed by atoms with van der Waals surface area (Å²) in [6.07, 6.45) is 0.323. The van der Waals surface area contributed by atoms with E-state index in [4.69, 9.17) is 0 Å². The third-order valence-corrected chi connectivity index (χ3v) is 3.59. The van der Waals surface area contributed by atoms with Crippen LogP contribution >= 0.6 is 0 Å². The predicted octanol–water partition coefficient (Wildman–Crippen LogP) is 3.25. The molecule has 2 rings (SSSR count). The van der Waals surface area contributed by atoms with Gasteiger partial charge < -0.3 is 10.0 Å². The first-order chi connectivity index (χ1) is 10.0. The van der Waals surface area contributed by atoms with Gasteiger partial charge in [0.15, 0.2) is 0 Å². The van der Waals surface area contributed by atoms with Crippen LogP contribution in [-0.2, 0) is 6.54 Å². The van der Waals surface area contributed by atoms with Gasteiger partial charge in [0.1, 0.15) is 0 Å². The van der Waals surface area contributed by atoms with Gasteiger partial charge in [0.05, 0.1) is 11.8 Å². The third-order valence-electron chi connectivity index (χ3n) is 3.59. The van der Waals surface area contributed by atoms with Crippen molar-refractivity contribution >= 4 is 0 Å². The maximum atomic E-state index is 10.3. The van der Waals surface area contributed by atoms with Gasteiger partial charge in [-0.15, -0.1) is 0 Å². The molecule has 21 heavy (non-hydrogen) atoms. The summed E-state index contributed by atoms with van der Waals surface area (Å²) in [5.74, 6) is 0. The first kappa shape index (κ1) is 15.7. The lowest BCUT2D eigenvalue weighted by Gasteiger charge is -2.19. The largest absolute Gasteiger partial charge is 0.388 e. The first-order valence-electron chi connectivity index (χ1n) is 7.40. The van der Waals surface area contributed by atoms with Crippen molar-refractivity contribution in [3.05, 3.63) is 65.0 Å². The summed E-state index contributed by atoms with van der Waals surface area (Å²) in [6.45, 7) is 5.70. The summed E-state index contributed by atoms with van der Waals surface area (Å²) in [6, 6.07) is 14.2. The van der Waals surface area contributed by atoms with Crippen molar-refractivity contribution in [2.45, 2.75) is 32.9 Å². The molecule has 1 aromatic heterocycles. The molecule has 3 nitrogen and oxygen atoms in total. The van der Waals surface area contributed by atoms with E-state index in [0.717, 1.165) is 36.5 Å². The zero-order chi connectivity index (χ0) is 15.2. The molecule has 3 heteroatoms. The van der Waals surface area contributed by atoms with Crippen molar-refractivity contribution in [1.29, 1.82) is 0 Å². The van der Waals surface area contributed by atoms with Crippen LogP contribution in [0.4, 0.5) is 0 Å². The quantitative estimate of drug-likeness (QED) is 0.884. The molecule has 0 aliphatic carbocycles. The predicted molar refractivity (Wildman–Crippen MR) is 86.1 cm³/mol. The highest BCUT2D eigenvalue weighted by Crippen LogP contribution is 2.18. The van der Waals surface area contributed by atoms with Crippen LogP contribution in [-0.4, -0.2) is 28.6 Å². The fourth-order valence-electron chi connectivity index (χ4n) is 2.43. The van der Waals surface area contributed by atoms with Crippen molar-refractivity contribution in [3.63, 3.8) is 0 Å². The van der Waals surface area contributed by atoms with Crippen LogP contribution < -0.4 is 0 Å². The number of hydrogen-bond donors (Lipinski definition) is 1. The molecule has 112 valence electrons. The van der Waals surface area contributed by atoms with Crippen LogP contribution in [0.1, 0.15) is 35.0 Å². The standard InChI is InChI=1S/C18H24N2O/c1-14-6-4-8-16(12-14)18(21)10-11-20(3)13-17-9-5-7-15(2)19-17/h4-9,12,18,21H,10-11,13H2,1-3H3. The Morgan fingerprint density at radius 3 is 2.62 bits per heavy atom. The van der Waals surface area contributed by atoms with Crippen molar-refractivity contribution in [2.24, 2.45) is 0 Å². The second kappa shape index (κ2) is 7.34. The van der Waals surface area contributed by atoms with Crippen molar-refractivity contribution in [3.8, 4) is 0 Å². The molecule has 0 radical (unpaired) electrons. The molecule has 0 fully saturated rings. The Morgan fingerprint density at radius 1 is 1.14 bits per heavy atom. The molecule has 0 aliphatic heterocycles. The van der Waals surface area contributed by atoms with Crippen molar-refractivity contribution in [2.75, 3.05) is 13.6 Å². The lowest BCUT2D eigenvalue weighted by Crippen LogP contribution is -2.21. The van der Waals surface area contributed by atoms with E-state index >= 15 is 0 Å². The molecule has 1 N–H and O–H groups in total. The van der Waals surface area contributed by atoms with Crippen LogP contribution in [0.25, 0.3) is 0 Å². The van der Waals surface area contributed by atoms with Crippen molar-refractivity contribution < 1.29 is 5.11 Å². The molecular weight excluding hydrogens is 260 g/mol. The van der Waals surface area contributed by atoms with Crippen LogP contribution in [0.15, 0.2) is 42.5 Å². The van der Waals surface area contributed by atoms with Crippen molar-refractivity contribution in [1.82, 2.24) is 9.88 Å². The average Bonchev–Trinajstić information content (AvgIpc) is 2.45. The van der Waals surface area contributed by atoms with E-state index in [-0.39, 0.29) is 0 Å². The number of aliphatic hydroxyl groups excluding tert-OH is 1. The molecule has 0 saturated heterocycles. The number of hydrogen-bond acceptors (Lipinski definition) is 3. The highest BCUT2D eigenvalue weighted by molar-refractivity contribution is 5.24. The molecule has 1 unspecified atom stereocenters. The maximum absolute atomic E-state index is 10.3. The zero-order valence-corrected chi connectivity index (χ0v) is 13.1. The van der Waals surface area contributed by atoms with Gasteiger partial charge >= 0.3 is 0 Å². The molecule has 1 heterocycles. The third kappa shape index (κ3) is 4.96. The second-order valence-electron chi connectivity index (χ2n) is 5.73. The summed E-state index contributed by atoms with van der Waals surface area (Å²) in [5.41, 5.74) is 4.30. The fraction of sp³-hybridized carbons (Fsp3) is 0.389. The van der Waals surface area contributed by atoms with Crippen LogP contribution in [0.3, 0.4) is 0 Å². The Hall–Kier alpha value is -1.71. The number of nitrogens with zero attached hydrogens (tertiary/aromatic N) is 2. The van der Waals surface area contributed by atoms with E-state index in [9.17, 15) is 5.11 Å². The van der Waals surface area contributed by atoms with Crippen LogP contribution in [0.5, 0.6) is 0 Å². The molecule has 0 saturated carbocycles. The number of pyridine rings is 1. The molecule has 2 aromatic rings. The maximum Gasteiger partial charge on any atom is 0.0802 e. The smallest absolute Gasteiger partial charge is 0.0802 e. The minimum atomic E-state index is -0.405. The topological polar surface area (TPSA) is 36.4 Å². The molecule has 0 spiro atoms. The summed E-state index contributed by atoms with van der Waals surface area (Å²) >= 11 is 0. The van der Waals surface area contributed by atoms with Gasteiger partial charge in [-0.3, -0.25) is 4.98 Å². The van der Waals surface area contributed by atoms with Gasteiger partial charge in [-0.1, -0.05) is 35.9 Å². The Labute approximate surface area is 127 Å². The van der Waals surface area contributed by atoms with Crippen LogP contribution in [0, 0.1) is 13.8 Å². The molecule has 1 aromatic carbocycles. The van der Waals surface area contributed by atoms with Gasteiger partial charge in [-0.25, -0.2) is 0 Å². The van der Waals surface area contributed by atoms with E-state index in [0.29, 0.717) is 0 Å². The Kier molecular flexibility index (Phi) is 5.48. The van der Waals surface area contributed by atoms with E-state index in [1.165, 1.54) is 5.56 Å². The number of aromatic nitrogens is 1. The Bertz CT molecular complexity index is 583. The molecule has 0 bridgehead atoms.